The Kier molecular flexibility index (Phi) is 6.84. The summed E-state index contributed by atoms with van der Waals surface area (Å²) in [4.78, 5) is 25.4. The van der Waals surface area contributed by atoms with Gasteiger partial charge in [-0.15, -0.1) is 0 Å². The SMILES string of the molecule is Cc1cccc(-c2nccc(Nc3ccnc(Cc4ccc(CN5[C@H]6CCNC[C@@H]5CC6)cc4)n3)n2)n1. The summed E-state index contributed by atoms with van der Waals surface area (Å²) in [6, 6.07) is 19.8. The molecule has 3 aromatic heterocycles. The molecule has 6 rings (SSSR count). The second kappa shape index (κ2) is 10.7. The number of nitrogens with zero attached hydrogens (tertiary/aromatic N) is 6. The van der Waals surface area contributed by atoms with Gasteiger partial charge in [0, 0.05) is 49.7 Å². The van der Waals surface area contributed by atoms with E-state index >= 15 is 0 Å². The van der Waals surface area contributed by atoms with Gasteiger partial charge in [0.25, 0.3) is 0 Å². The molecule has 0 radical (unpaired) electrons. The topological polar surface area (TPSA) is 91.8 Å². The molecule has 1 aromatic carbocycles. The lowest BCUT2D eigenvalue weighted by molar-refractivity contribution is 0.193. The van der Waals surface area contributed by atoms with E-state index in [-0.39, 0.29) is 0 Å². The summed E-state index contributed by atoms with van der Waals surface area (Å²) < 4.78 is 0. The Morgan fingerprint density at radius 1 is 0.838 bits per heavy atom. The Bertz CT molecular complexity index is 1340. The lowest BCUT2D eigenvalue weighted by Crippen LogP contribution is -2.37. The molecule has 37 heavy (non-hydrogen) atoms. The Balaban J connectivity index is 1.11. The maximum Gasteiger partial charge on any atom is 0.180 e. The van der Waals surface area contributed by atoms with Gasteiger partial charge in [-0.25, -0.2) is 24.9 Å². The van der Waals surface area contributed by atoms with E-state index in [2.05, 4.69) is 59.7 Å². The van der Waals surface area contributed by atoms with Crippen LogP contribution in [0.5, 0.6) is 0 Å². The predicted molar refractivity (Wildman–Crippen MR) is 144 cm³/mol. The van der Waals surface area contributed by atoms with Crippen LogP contribution in [0.4, 0.5) is 11.6 Å². The molecule has 2 bridgehead atoms. The van der Waals surface area contributed by atoms with Gasteiger partial charge in [-0.2, -0.15) is 0 Å². The van der Waals surface area contributed by atoms with E-state index < -0.39 is 0 Å². The third-order valence-electron chi connectivity index (χ3n) is 7.29. The number of fused-ring (bicyclic) bond motifs is 2. The molecule has 2 N–H and O–H groups in total. The van der Waals surface area contributed by atoms with Crippen molar-refractivity contribution >= 4 is 11.6 Å². The fraction of sp³-hybridized carbons (Fsp3) is 0.345. The predicted octanol–water partition coefficient (Wildman–Crippen LogP) is 4.30. The van der Waals surface area contributed by atoms with Gasteiger partial charge in [0.05, 0.1) is 0 Å². The number of aryl methyl sites for hydroxylation is 1. The van der Waals surface area contributed by atoms with Gasteiger partial charge in [-0.05, 0) is 68.1 Å². The second-order valence-corrected chi connectivity index (χ2v) is 9.96. The van der Waals surface area contributed by atoms with Crippen molar-refractivity contribution in [3.8, 4) is 11.5 Å². The monoisotopic (exact) mass is 492 g/mol. The number of pyridine rings is 1. The van der Waals surface area contributed by atoms with E-state index in [0.29, 0.717) is 29.9 Å². The molecule has 0 spiro atoms. The number of nitrogens with one attached hydrogen (secondary N) is 2. The van der Waals surface area contributed by atoms with Crippen molar-refractivity contribution in [1.82, 2.24) is 35.1 Å². The molecule has 5 heterocycles. The number of benzene rings is 1. The maximum absolute atomic E-state index is 4.72. The molecule has 8 heteroatoms. The molecule has 188 valence electrons. The number of hydrogen-bond acceptors (Lipinski definition) is 8. The van der Waals surface area contributed by atoms with Gasteiger partial charge in [0.1, 0.15) is 23.2 Å². The van der Waals surface area contributed by atoms with Gasteiger partial charge in [-0.1, -0.05) is 30.3 Å². The molecular formula is C29H32N8. The van der Waals surface area contributed by atoms with Crippen molar-refractivity contribution in [2.24, 2.45) is 0 Å². The highest BCUT2D eigenvalue weighted by molar-refractivity contribution is 5.56. The largest absolute Gasteiger partial charge is 0.325 e. The molecule has 0 saturated carbocycles. The molecule has 0 unspecified atom stereocenters. The average Bonchev–Trinajstić information content (AvgIpc) is 3.16. The molecule has 2 aliphatic rings. The minimum absolute atomic E-state index is 0.576. The van der Waals surface area contributed by atoms with Crippen molar-refractivity contribution in [2.45, 2.75) is 51.2 Å². The summed E-state index contributed by atoms with van der Waals surface area (Å²) in [5, 5.41) is 6.88. The fourth-order valence-electron chi connectivity index (χ4n) is 5.40. The van der Waals surface area contributed by atoms with E-state index in [0.717, 1.165) is 42.9 Å². The highest BCUT2D eigenvalue weighted by Crippen LogP contribution is 2.29. The van der Waals surface area contributed by atoms with Crippen LogP contribution in [-0.4, -0.2) is 55.0 Å². The summed E-state index contributed by atoms with van der Waals surface area (Å²) in [5.74, 6) is 2.71. The number of hydrogen-bond donors (Lipinski definition) is 2. The van der Waals surface area contributed by atoms with Crippen molar-refractivity contribution in [2.75, 3.05) is 18.4 Å². The molecule has 0 aliphatic carbocycles. The van der Waals surface area contributed by atoms with Crippen LogP contribution >= 0.6 is 0 Å². The molecular weight excluding hydrogens is 460 g/mol. The molecule has 8 nitrogen and oxygen atoms in total. The van der Waals surface area contributed by atoms with E-state index in [9.17, 15) is 0 Å². The lowest BCUT2D eigenvalue weighted by atomic mass is 10.1. The third-order valence-corrected chi connectivity index (χ3v) is 7.29. The van der Waals surface area contributed by atoms with Crippen molar-refractivity contribution in [1.29, 1.82) is 0 Å². The number of rotatable bonds is 7. The first-order valence-corrected chi connectivity index (χ1v) is 13.1. The summed E-state index contributed by atoms with van der Waals surface area (Å²) in [6.07, 6.45) is 8.10. The molecule has 4 aromatic rings. The zero-order valence-electron chi connectivity index (χ0n) is 21.1. The van der Waals surface area contributed by atoms with Crippen molar-refractivity contribution in [3.63, 3.8) is 0 Å². The smallest absolute Gasteiger partial charge is 0.180 e. The van der Waals surface area contributed by atoms with Crippen LogP contribution in [0.3, 0.4) is 0 Å². The normalized spacial score (nSPS) is 19.5. The summed E-state index contributed by atoms with van der Waals surface area (Å²) in [5.41, 5.74) is 4.26. The van der Waals surface area contributed by atoms with Gasteiger partial charge in [0.2, 0.25) is 0 Å². The Morgan fingerprint density at radius 3 is 2.49 bits per heavy atom. The fourth-order valence-corrected chi connectivity index (χ4v) is 5.40. The van der Waals surface area contributed by atoms with Gasteiger partial charge in [0.15, 0.2) is 5.82 Å². The van der Waals surface area contributed by atoms with E-state index in [1.807, 2.05) is 37.3 Å². The molecule has 2 atom stereocenters. The zero-order chi connectivity index (χ0) is 25.0. The van der Waals surface area contributed by atoms with Crippen LogP contribution < -0.4 is 10.6 Å². The Hall–Kier alpha value is -3.75. The molecule has 0 amide bonds. The third kappa shape index (κ3) is 5.65. The van der Waals surface area contributed by atoms with Gasteiger partial charge >= 0.3 is 0 Å². The first kappa shape index (κ1) is 23.6. The van der Waals surface area contributed by atoms with Crippen LogP contribution in [0.25, 0.3) is 11.5 Å². The van der Waals surface area contributed by atoms with Crippen molar-refractivity contribution < 1.29 is 0 Å². The second-order valence-electron chi connectivity index (χ2n) is 9.96. The minimum atomic E-state index is 0.576. The van der Waals surface area contributed by atoms with Crippen LogP contribution in [0.2, 0.25) is 0 Å². The summed E-state index contributed by atoms with van der Waals surface area (Å²) >= 11 is 0. The highest BCUT2D eigenvalue weighted by atomic mass is 15.2. The molecule has 2 fully saturated rings. The molecule has 2 aliphatic heterocycles. The minimum Gasteiger partial charge on any atom is -0.325 e. The Morgan fingerprint density at radius 2 is 1.62 bits per heavy atom. The average molecular weight is 493 g/mol. The standard InChI is InChI=1S/C29H32N8/c1-20-3-2-4-25(33-20)29-32-16-13-27(36-29)34-26-12-15-31-28(35-26)17-21-5-7-22(8-6-21)19-37-23-9-10-24(37)18-30-14-11-23/h2-8,12-13,15-16,23-24,30H,9-11,14,17-19H2,1H3,(H,31,32,34,35,36)/t23-,24+/m1/s1. The van der Waals surface area contributed by atoms with E-state index in [1.165, 1.54) is 30.4 Å². The number of anilines is 2. The van der Waals surface area contributed by atoms with Gasteiger partial charge in [-0.3, -0.25) is 4.90 Å². The number of aromatic nitrogens is 5. The first-order chi connectivity index (χ1) is 18.2. The Labute approximate surface area is 217 Å². The highest BCUT2D eigenvalue weighted by Gasteiger charge is 2.34. The molecule has 2 saturated heterocycles. The van der Waals surface area contributed by atoms with Crippen LogP contribution in [0.1, 0.15) is 41.9 Å². The van der Waals surface area contributed by atoms with Crippen LogP contribution in [-0.2, 0) is 13.0 Å². The first-order valence-electron chi connectivity index (χ1n) is 13.1. The lowest BCUT2D eigenvalue weighted by Gasteiger charge is -2.27. The summed E-state index contributed by atoms with van der Waals surface area (Å²) in [7, 11) is 0. The maximum atomic E-state index is 4.72. The quantitative estimate of drug-likeness (QED) is 0.395. The van der Waals surface area contributed by atoms with E-state index in [1.54, 1.807) is 12.4 Å². The van der Waals surface area contributed by atoms with Crippen molar-refractivity contribution in [3.05, 3.63) is 89.6 Å². The van der Waals surface area contributed by atoms with Crippen LogP contribution in [0.15, 0.2) is 67.0 Å². The van der Waals surface area contributed by atoms with Gasteiger partial charge < -0.3 is 10.6 Å². The van der Waals surface area contributed by atoms with Crippen LogP contribution in [0, 0.1) is 6.92 Å². The van der Waals surface area contributed by atoms with E-state index in [4.69, 9.17) is 4.98 Å². The summed E-state index contributed by atoms with van der Waals surface area (Å²) in [6.45, 7) is 5.26. The zero-order valence-corrected chi connectivity index (χ0v) is 21.1.